The van der Waals surface area contributed by atoms with E-state index in [1.165, 1.54) is 0 Å². The van der Waals surface area contributed by atoms with Crippen molar-refractivity contribution in [2.45, 2.75) is 13.0 Å². The SMILES string of the molecule is CC(Nc1ccc(N)nn1)c1ccc(Cl)cc1. The van der Waals surface area contributed by atoms with Crippen LogP contribution < -0.4 is 11.1 Å². The summed E-state index contributed by atoms with van der Waals surface area (Å²) in [7, 11) is 0. The van der Waals surface area contributed by atoms with Crippen molar-refractivity contribution < 1.29 is 0 Å². The molecule has 0 aliphatic heterocycles. The van der Waals surface area contributed by atoms with Gasteiger partial charge in [-0.05, 0) is 36.8 Å². The molecule has 0 fully saturated rings. The number of hydrogen-bond donors (Lipinski definition) is 2. The van der Waals surface area contributed by atoms with E-state index < -0.39 is 0 Å². The topological polar surface area (TPSA) is 63.8 Å². The first-order valence-corrected chi connectivity index (χ1v) is 5.64. The van der Waals surface area contributed by atoms with Crippen LogP contribution in [-0.4, -0.2) is 10.2 Å². The maximum absolute atomic E-state index is 5.84. The Hall–Kier alpha value is -1.81. The fourth-order valence-corrected chi connectivity index (χ4v) is 1.60. The Labute approximate surface area is 105 Å². The molecule has 17 heavy (non-hydrogen) atoms. The van der Waals surface area contributed by atoms with Gasteiger partial charge in [0.05, 0.1) is 6.04 Å². The lowest BCUT2D eigenvalue weighted by Gasteiger charge is -2.14. The van der Waals surface area contributed by atoms with Crippen molar-refractivity contribution >= 4 is 23.2 Å². The second-order valence-corrected chi connectivity index (χ2v) is 4.20. The van der Waals surface area contributed by atoms with Gasteiger partial charge < -0.3 is 11.1 Å². The molecule has 0 radical (unpaired) electrons. The first kappa shape index (κ1) is 11.7. The van der Waals surface area contributed by atoms with Crippen molar-refractivity contribution in [2.75, 3.05) is 11.1 Å². The third kappa shape index (κ3) is 3.07. The summed E-state index contributed by atoms with van der Waals surface area (Å²) in [5.74, 6) is 1.11. The lowest BCUT2D eigenvalue weighted by Crippen LogP contribution is -2.08. The molecule has 0 saturated heterocycles. The molecule has 0 bridgehead atoms. The molecule has 1 aromatic heterocycles. The Bertz CT molecular complexity index is 481. The molecular formula is C12H13ClN4. The molecule has 0 saturated carbocycles. The van der Waals surface area contributed by atoms with E-state index in [-0.39, 0.29) is 6.04 Å². The highest BCUT2D eigenvalue weighted by molar-refractivity contribution is 6.30. The van der Waals surface area contributed by atoms with Gasteiger partial charge in [0.2, 0.25) is 0 Å². The highest BCUT2D eigenvalue weighted by atomic mass is 35.5. The zero-order valence-corrected chi connectivity index (χ0v) is 10.1. The van der Waals surface area contributed by atoms with Crippen LogP contribution in [0.15, 0.2) is 36.4 Å². The largest absolute Gasteiger partial charge is 0.382 e. The Morgan fingerprint density at radius 1 is 1.12 bits per heavy atom. The molecule has 0 spiro atoms. The number of aromatic nitrogens is 2. The summed E-state index contributed by atoms with van der Waals surface area (Å²) in [5, 5.41) is 11.7. The summed E-state index contributed by atoms with van der Waals surface area (Å²) < 4.78 is 0. The highest BCUT2D eigenvalue weighted by Crippen LogP contribution is 2.19. The van der Waals surface area contributed by atoms with E-state index in [0.717, 1.165) is 10.6 Å². The third-order valence-electron chi connectivity index (χ3n) is 2.42. The second-order valence-electron chi connectivity index (χ2n) is 3.76. The molecule has 1 heterocycles. The van der Waals surface area contributed by atoms with Gasteiger partial charge in [-0.3, -0.25) is 0 Å². The van der Waals surface area contributed by atoms with Crippen molar-refractivity contribution in [1.29, 1.82) is 0 Å². The number of anilines is 2. The predicted molar refractivity (Wildman–Crippen MR) is 69.9 cm³/mol. The number of hydrogen-bond acceptors (Lipinski definition) is 4. The molecule has 1 atom stereocenters. The Balaban J connectivity index is 2.08. The molecule has 5 heteroatoms. The summed E-state index contributed by atoms with van der Waals surface area (Å²) in [6.45, 7) is 2.04. The molecule has 1 unspecified atom stereocenters. The normalized spacial score (nSPS) is 12.1. The van der Waals surface area contributed by atoms with Gasteiger partial charge in [0.15, 0.2) is 0 Å². The molecule has 2 rings (SSSR count). The van der Waals surface area contributed by atoms with Gasteiger partial charge in [-0.1, -0.05) is 23.7 Å². The maximum Gasteiger partial charge on any atom is 0.149 e. The van der Waals surface area contributed by atoms with Gasteiger partial charge in [-0.15, -0.1) is 10.2 Å². The van der Waals surface area contributed by atoms with E-state index in [0.29, 0.717) is 11.6 Å². The van der Waals surface area contributed by atoms with Crippen molar-refractivity contribution in [2.24, 2.45) is 0 Å². The molecule has 0 aliphatic carbocycles. The summed E-state index contributed by atoms with van der Waals surface area (Å²) in [5.41, 5.74) is 6.60. The van der Waals surface area contributed by atoms with Crippen LogP contribution in [0.25, 0.3) is 0 Å². The van der Waals surface area contributed by atoms with Crippen molar-refractivity contribution in [1.82, 2.24) is 10.2 Å². The number of halogens is 1. The smallest absolute Gasteiger partial charge is 0.149 e. The average molecular weight is 249 g/mol. The minimum absolute atomic E-state index is 0.130. The molecule has 88 valence electrons. The number of rotatable bonds is 3. The number of nitrogens with one attached hydrogen (secondary N) is 1. The first-order chi connectivity index (χ1) is 8.15. The highest BCUT2D eigenvalue weighted by Gasteiger charge is 2.05. The van der Waals surface area contributed by atoms with Crippen LogP contribution in [0.5, 0.6) is 0 Å². The number of nitrogen functional groups attached to an aromatic ring is 1. The van der Waals surface area contributed by atoms with Gasteiger partial charge in [0, 0.05) is 5.02 Å². The van der Waals surface area contributed by atoms with E-state index in [4.69, 9.17) is 17.3 Å². The molecule has 0 amide bonds. The van der Waals surface area contributed by atoms with E-state index in [2.05, 4.69) is 15.5 Å². The van der Waals surface area contributed by atoms with E-state index >= 15 is 0 Å². The molecular weight excluding hydrogens is 236 g/mol. The zero-order valence-electron chi connectivity index (χ0n) is 9.39. The van der Waals surface area contributed by atoms with Gasteiger partial charge in [0.1, 0.15) is 11.6 Å². The monoisotopic (exact) mass is 248 g/mol. The minimum atomic E-state index is 0.130. The predicted octanol–water partition coefficient (Wildman–Crippen LogP) is 2.89. The van der Waals surface area contributed by atoms with Crippen molar-refractivity contribution in [3.63, 3.8) is 0 Å². The lowest BCUT2D eigenvalue weighted by atomic mass is 10.1. The van der Waals surface area contributed by atoms with Crippen LogP contribution in [0.1, 0.15) is 18.5 Å². The van der Waals surface area contributed by atoms with Crippen LogP contribution in [0.3, 0.4) is 0 Å². The fourth-order valence-electron chi connectivity index (χ4n) is 1.48. The minimum Gasteiger partial charge on any atom is -0.382 e. The van der Waals surface area contributed by atoms with Gasteiger partial charge in [-0.25, -0.2) is 0 Å². The van der Waals surface area contributed by atoms with Crippen LogP contribution in [0, 0.1) is 0 Å². The van der Waals surface area contributed by atoms with E-state index in [1.54, 1.807) is 12.1 Å². The zero-order chi connectivity index (χ0) is 12.3. The quantitative estimate of drug-likeness (QED) is 0.877. The lowest BCUT2D eigenvalue weighted by molar-refractivity contribution is 0.862. The van der Waals surface area contributed by atoms with Crippen molar-refractivity contribution in [3.8, 4) is 0 Å². The van der Waals surface area contributed by atoms with Crippen LogP contribution in [0.4, 0.5) is 11.6 Å². The Morgan fingerprint density at radius 3 is 2.41 bits per heavy atom. The van der Waals surface area contributed by atoms with Crippen LogP contribution in [0.2, 0.25) is 5.02 Å². The van der Waals surface area contributed by atoms with Crippen molar-refractivity contribution in [3.05, 3.63) is 47.0 Å². The second kappa shape index (κ2) is 5.01. The average Bonchev–Trinajstić information content (AvgIpc) is 2.33. The molecule has 3 N–H and O–H groups in total. The Morgan fingerprint density at radius 2 is 1.82 bits per heavy atom. The standard InChI is InChI=1S/C12H13ClN4/c1-8(9-2-4-10(13)5-3-9)15-12-7-6-11(14)16-17-12/h2-8H,1H3,(H2,14,16)(H,15,17). The van der Waals surface area contributed by atoms with Gasteiger partial charge >= 0.3 is 0 Å². The van der Waals surface area contributed by atoms with Gasteiger partial charge in [-0.2, -0.15) is 0 Å². The van der Waals surface area contributed by atoms with Crippen LogP contribution >= 0.6 is 11.6 Å². The van der Waals surface area contributed by atoms with Crippen LogP contribution in [-0.2, 0) is 0 Å². The molecule has 0 aliphatic rings. The van der Waals surface area contributed by atoms with E-state index in [9.17, 15) is 0 Å². The molecule has 2 aromatic rings. The fraction of sp³-hybridized carbons (Fsp3) is 0.167. The summed E-state index contributed by atoms with van der Waals surface area (Å²) >= 11 is 5.84. The molecule has 4 nitrogen and oxygen atoms in total. The number of benzene rings is 1. The number of nitrogens with two attached hydrogens (primary N) is 1. The third-order valence-corrected chi connectivity index (χ3v) is 2.67. The molecule has 1 aromatic carbocycles. The van der Waals surface area contributed by atoms with E-state index in [1.807, 2.05) is 31.2 Å². The summed E-state index contributed by atoms with van der Waals surface area (Å²) in [6.07, 6.45) is 0. The first-order valence-electron chi connectivity index (χ1n) is 5.26. The van der Waals surface area contributed by atoms with Gasteiger partial charge in [0.25, 0.3) is 0 Å². The number of nitrogens with zero attached hydrogens (tertiary/aromatic N) is 2. The maximum atomic E-state index is 5.84. The summed E-state index contributed by atoms with van der Waals surface area (Å²) in [4.78, 5) is 0. The Kier molecular flexibility index (Phi) is 3.44. The summed E-state index contributed by atoms with van der Waals surface area (Å²) in [6, 6.07) is 11.3.